The fourth-order valence-electron chi connectivity index (χ4n) is 3.06. The van der Waals surface area contributed by atoms with Crippen LogP contribution >= 0.6 is 0 Å². The third kappa shape index (κ3) is 5.18. The van der Waals surface area contributed by atoms with Crippen molar-refractivity contribution < 1.29 is 9.59 Å². The van der Waals surface area contributed by atoms with Gasteiger partial charge in [0, 0.05) is 37.0 Å². The highest BCUT2D eigenvalue weighted by Gasteiger charge is 2.34. The van der Waals surface area contributed by atoms with Crippen LogP contribution in [-0.2, 0) is 9.59 Å². The van der Waals surface area contributed by atoms with E-state index in [0.29, 0.717) is 30.4 Å². The van der Waals surface area contributed by atoms with E-state index in [2.05, 4.69) is 36.0 Å². The number of likely N-dealkylation sites (tertiary alicyclic amines) is 1. The Kier molecular flexibility index (Phi) is 5.87. The second-order valence-corrected chi connectivity index (χ2v) is 7.13. The van der Waals surface area contributed by atoms with Crippen LogP contribution in [0.3, 0.4) is 0 Å². The summed E-state index contributed by atoms with van der Waals surface area (Å²) in [4.78, 5) is 30.6. The van der Waals surface area contributed by atoms with Gasteiger partial charge in [0.25, 0.3) is 0 Å². The average molecular weight is 361 g/mol. The topological polar surface area (TPSA) is 62.3 Å². The summed E-state index contributed by atoms with van der Waals surface area (Å²) >= 11 is 0. The number of carbonyl (C=O) groups is 2. The first-order chi connectivity index (χ1) is 13.0. The van der Waals surface area contributed by atoms with Gasteiger partial charge in [0.15, 0.2) is 0 Å². The Labute approximate surface area is 159 Å². The molecule has 5 heteroatoms. The van der Waals surface area contributed by atoms with Gasteiger partial charge in [-0.1, -0.05) is 31.9 Å². The van der Waals surface area contributed by atoms with Gasteiger partial charge in [0.2, 0.25) is 11.8 Å². The van der Waals surface area contributed by atoms with Crippen molar-refractivity contribution >= 4 is 17.5 Å². The minimum Gasteiger partial charge on any atom is -0.342 e. The van der Waals surface area contributed by atoms with Gasteiger partial charge in [-0.25, -0.2) is 4.98 Å². The van der Waals surface area contributed by atoms with Crippen molar-refractivity contribution in [2.45, 2.75) is 20.3 Å². The molecular formula is C22H23N3O2. The third-order valence-corrected chi connectivity index (χ3v) is 4.30. The summed E-state index contributed by atoms with van der Waals surface area (Å²) in [6.45, 7) is 5.32. The highest BCUT2D eigenvalue weighted by Crippen LogP contribution is 2.21. The smallest absolute Gasteiger partial charge is 0.229 e. The highest BCUT2D eigenvalue weighted by atomic mass is 16.2. The molecule has 138 valence electrons. The molecule has 1 aromatic carbocycles. The number of carbonyl (C=O) groups excluding carboxylic acids is 2. The maximum Gasteiger partial charge on any atom is 0.229 e. The van der Waals surface area contributed by atoms with Crippen molar-refractivity contribution in [3.8, 4) is 11.8 Å². The van der Waals surface area contributed by atoms with Gasteiger partial charge in [-0.2, -0.15) is 0 Å². The first-order valence-electron chi connectivity index (χ1n) is 9.13. The Morgan fingerprint density at radius 2 is 2.11 bits per heavy atom. The van der Waals surface area contributed by atoms with Gasteiger partial charge in [0.05, 0.1) is 5.92 Å². The summed E-state index contributed by atoms with van der Waals surface area (Å²) in [6.07, 6.45) is 1.98. The van der Waals surface area contributed by atoms with Crippen LogP contribution in [0.15, 0.2) is 48.7 Å². The van der Waals surface area contributed by atoms with E-state index < -0.39 is 0 Å². The molecule has 1 aromatic heterocycles. The molecule has 0 radical (unpaired) electrons. The van der Waals surface area contributed by atoms with Crippen LogP contribution in [0.25, 0.3) is 0 Å². The van der Waals surface area contributed by atoms with Crippen molar-refractivity contribution in [2.75, 3.05) is 18.4 Å². The highest BCUT2D eigenvalue weighted by molar-refractivity contribution is 5.97. The molecular weight excluding hydrogens is 338 g/mol. The molecule has 2 aromatic rings. The van der Waals surface area contributed by atoms with Crippen LogP contribution in [-0.4, -0.2) is 34.8 Å². The van der Waals surface area contributed by atoms with Crippen LogP contribution in [0, 0.1) is 23.7 Å². The van der Waals surface area contributed by atoms with Crippen molar-refractivity contribution in [2.24, 2.45) is 11.8 Å². The lowest BCUT2D eigenvalue weighted by molar-refractivity contribution is -0.128. The Hall–Kier alpha value is -3.13. The summed E-state index contributed by atoms with van der Waals surface area (Å²) < 4.78 is 0. The number of pyridine rings is 1. The van der Waals surface area contributed by atoms with Gasteiger partial charge >= 0.3 is 0 Å². The minimum absolute atomic E-state index is 0.0545. The molecule has 1 aliphatic heterocycles. The number of nitrogens with zero attached hydrogens (tertiary/aromatic N) is 2. The number of anilines is 1. The quantitative estimate of drug-likeness (QED) is 0.852. The molecule has 0 spiro atoms. The maximum atomic E-state index is 12.5. The second kappa shape index (κ2) is 8.50. The maximum absolute atomic E-state index is 12.5. The van der Waals surface area contributed by atoms with E-state index in [1.165, 1.54) is 0 Å². The predicted octanol–water partition coefficient (Wildman–Crippen LogP) is 2.92. The van der Waals surface area contributed by atoms with Crippen molar-refractivity contribution in [3.05, 3.63) is 59.9 Å². The van der Waals surface area contributed by atoms with Gasteiger partial charge in [-0.05, 0) is 42.2 Å². The second-order valence-electron chi connectivity index (χ2n) is 7.13. The Morgan fingerprint density at radius 3 is 2.85 bits per heavy atom. The zero-order valence-corrected chi connectivity index (χ0v) is 15.6. The Balaban J connectivity index is 1.64. The number of aromatic nitrogens is 1. The summed E-state index contributed by atoms with van der Waals surface area (Å²) in [6, 6.07) is 13.0. The van der Waals surface area contributed by atoms with Crippen molar-refractivity contribution in [3.63, 3.8) is 0 Å². The molecule has 3 rings (SSSR count). The molecule has 1 N–H and O–H groups in total. The van der Waals surface area contributed by atoms with E-state index in [4.69, 9.17) is 0 Å². The largest absolute Gasteiger partial charge is 0.342 e. The van der Waals surface area contributed by atoms with Crippen molar-refractivity contribution in [1.82, 2.24) is 9.88 Å². The molecule has 1 saturated heterocycles. The summed E-state index contributed by atoms with van der Waals surface area (Å²) in [7, 11) is 0. The number of benzene rings is 1. The molecule has 1 atom stereocenters. The van der Waals surface area contributed by atoms with Gasteiger partial charge in [-0.3, -0.25) is 9.59 Å². The predicted molar refractivity (Wildman–Crippen MR) is 105 cm³/mol. The van der Waals surface area contributed by atoms with E-state index in [0.717, 1.165) is 5.56 Å². The fraction of sp³-hybridized carbons (Fsp3) is 0.318. The average Bonchev–Trinajstić information content (AvgIpc) is 3.01. The summed E-state index contributed by atoms with van der Waals surface area (Å²) in [5.41, 5.74) is 2.17. The van der Waals surface area contributed by atoms with E-state index >= 15 is 0 Å². The molecule has 2 amide bonds. The number of hydrogen-bond donors (Lipinski definition) is 1. The lowest BCUT2D eigenvalue weighted by atomic mass is 10.1. The first kappa shape index (κ1) is 18.7. The minimum atomic E-state index is -0.306. The number of nitrogens with one attached hydrogen (secondary N) is 1. The lowest BCUT2D eigenvalue weighted by Gasteiger charge is -2.18. The molecule has 1 aliphatic rings. The molecule has 0 bridgehead atoms. The molecule has 5 nitrogen and oxygen atoms in total. The zero-order valence-electron chi connectivity index (χ0n) is 15.6. The zero-order chi connectivity index (χ0) is 19.2. The lowest BCUT2D eigenvalue weighted by Crippen LogP contribution is -2.31. The van der Waals surface area contributed by atoms with E-state index in [1.54, 1.807) is 11.1 Å². The van der Waals surface area contributed by atoms with Crippen LogP contribution in [0.4, 0.5) is 5.69 Å². The fourth-order valence-corrected chi connectivity index (χ4v) is 3.06. The van der Waals surface area contributed by atoms with Crippen LogP contribution in [0.1, 0.15) is 31.5 Å². The normalized spacial score (nSPS) is 16.2. The van der Waals surface area contributed by atoms with Gasteiger partial charge in [0.1, 0.15) is 5.69 Å². The number of hydrogen-bond acceptors (Lipinski definition) is 3. The molecule has 1 fully saturated rings. The standard InChI is InChI=1S/C22H23N3O2/c1-16(2)14-25-15-18(13-21(25)26)22(27)24-20-8-5-6-17(12-20)9-10-19-7-3-4-11-23-19/h3-8,11-12,16,18H,13-15H2,1-2H3,(H,24,27)/t18-/m1/s1. The molecule has 0 saturated carbocycles. The van der Waals surface area contributed by atoms with E-state index in [9.17, 15) is 9.59 Å². The van der Waals surface area contributed by atoms with Gasteiger partial charge < -0.3 is 10.2 Å². The summed E-state index contributed by atoms with van der Waals surface area (Å²) in [5.74, 6) is 6.08. The molecule has 2 heterocycles. The van der Waals surface area contributed by atoms with Crippen LogP contribution < -0.4 is 5.32 Å². The van der Waals surface area contributed by atoms with E-state index in [1.807, 2.05) is 42.5 Å². The summed E-state index contributed by atoms with van der Waals surface area (Å²) in [5, 5.41) is 2.92. The third-order valence-electron chi connectivity index (χ3n) is 4.30. The van der Waals surface area contributed by atoms with Gasteiger partial charge in [-0.15, -0.1) is 0 Å². The monoisotopic (exact) mass is 361 g/mol. The molecule has 27 heavy (non-hydrogen) atoms. The number of rotatable bonds is 4. The van der Waals surface area contributed by atoms with Crippen LogP contribution in [0.5, 0.6) is 0 Å². The SMILES string of the molecule is CC(C)CN1C[C@H](C(=O)Nc2cccc(C#Cc3ccccn3)c2)CC1=O. The molecule has 0 unspecified atom stereocenters. The molecule has 0 aliphatic carbocycles. The van der Waals surface area contributed by atoms with Crippen molar-refractivity contribution in [1.29, 1.82) is 0 Å². The Morgan fingerprint density at radius 1 is 1.26 bits per heavy atom. The number of amides is 2. The Bertz CT molecular complexity index is 881. The first-order valence-corrected chi connectivity index (χ1v) is 9.13. The van der Waals surface area contributed by atoms with E-state index in [-0.39, 0.29) is 24.2 Å². The van der Waals surface area contributed by atoms with Crippen LogP contribution in [0.2, 0.25) is 0 Å².